The van der Waals surface area contributed by atoms with Crippen LogP contribution >= 0.6 is 0 Å². The fraction of sp³-hybridized carbons (Fsp3) is 0.273. The Morgan fingerprint density at radius 1 is 1.07 bits per heavy atom. The summed E-state index contributed by atoms with van der Waals surface area (Å²) in [6, 6.07) is 20.5. The maximum Gasteiger partial charge on any atom is 0.224 e. The summed E-state index contributed by atoms with van der Waals surface area (Å²) in [5, 5.41) is 11.0. The number of fused-ring (bicyclic) bond motifs is 1. The van der Waals surface area contributed by atoms with Gasteiger partial charge >= 0.3 is 0 Å². The zero-order valence-electron chi connectivity index (χ0n) is 15.3. The number of aryl methyl sites for hydroxylation is 1. The number of aromatic nitrogens is 2. The summed E-state index contributed by atoms with van der Waals surface area (Å²) in [4.78, 5) is 12.3. The molecule has 2 heterocycles. The second-order valence-electron chi connectivity index (χ2n) is 6.90. The summed E-state index contributed by atoms with van der Waals surface area (Å²) in [7, 11) is 0. The highest BCUT2D eigenvalue weighted by atomic mass is 16.1. The van der Waals surface area contributed by atoms with Crippen molar-refractivity contribution in [3.05, 3.63) is 77.6 Å². The van der Waals surface area contributed by atoms with Crippen molar-refractivity contribution in [3.8, 4) is 11.1 Å². The average Bonchev–Trinajstić information content (AvgIpc) is 2.97. The Kier molecular flexibility index (Phi) is 5.30. The molecule has 2 N–H and O–H groups in total. The highest BCUT2D eigenvalue weighted by molar-refractivity contribution is 5.78. The van der Waals surface area contributed by atoms with Crippen LogP contribution in [0.15, 0.2) is 60.7 Å². The van der Waals surface area contributed by atoms with E-state index >= 15 is 0 Å². The van der Waals surface area contributed by atoms with Gasteiger partial charge in [-0.2, -0.15) is 5.10 Å². The molecule has 0 bridgehead atoms. The molecule has 4 rings (SSSR count). The van der Waals surface area contributed by atoms with Gasteiger partial charge in [0.15, 0.2) is 0 Å². The van der Waals surface area contributed by atoms with E-state index in [1.807, 2.05) is 35.0 Å². The van der Waals surface area contributed by atoms with Crippen molar-refractivity contribution < 1.29 is 4.79 Å². The van der Waals surface area contributed by atoms with Crippen molar-refractivity contribution in [2.24, 2.45) is 0 Å². The second-order valence-corrected chi connectivity index (χ2v) is 6.90. The van der Waals surface area contributed by atoms with E-state index in [0.29, 0.717) is 13.0 Å². The van der Waals surface area contributed by atoms with E-state index in [9.17, 15) is 4.79 Å². The van der Waals surface area contributed by atoms with Gasteiger partial charge in [0.2, 0.25) is 5.91 Å². The highest BCUT2D eigenvalue weighted by Crippen LogP contribution is 2.19. The predicted octanol–water partition coefficient (Wildman–Crippen LogP) is 2.90. The Bertz CT molecular complexity index is 876. The van der Waals surface area contributed by atoms with Crippen molar-refractivity contribution in [1.29, 1.82) is 0 Å². The number of nitrogens with one attached hydrogen (secondary N) is 2. The van der Waals surface area contributed by atoms with Crippen molar-refractivity contribution in [3.63, 3.8) is 0 Å². The molecule has 1 aliphatic rings. The number of carbonyl (C=O) groups is 1. The Morgan fingerprint density at radius 3 is 2.67 bits per heavy atom. The van der Waals surface area contributed by atoms with Crippen LogP contribution in [0.1, 0.15) is 23.4 Å². The molecule has 0 atom stereocenters. The first kappa shape index (κ1) is 17.5. The normalized spacial score (nSPS) is 13.6. The molecule has 0 saturated carbocycles. The third-order valence-electron chi connectivity index (χ3n) is 4.84. The lowest BCUT2D eigenvalue weighted by Crippen LogP contribution is -2.24. The molecule has 0 unspecified atom stereocenters. The van der Waals surface area contributed by atoms with Gasteiger partial charge in [0.25, 0.3) is 0 Å². The molecule has 1 amide bonds. The van der Waals surface area contributed by atoms with Crippen LogP contribution in [-0.4, -0.2) is 22.2 Å². The molecular formula is C22H24N4O. The lowest BCUT2D eigenvalue weighted by Gasteiger charge is -2.06. The van der Waals surface area contributed by atoms with Gasteiger partial charge in [0.05, 0.1) is 24.4 Å². The first-order chi connectivity index (χ1) is 13.3. The summed E-state index contributed by atoms with van der Waals surface area (Å²) < 4.78 is 2.05. The lowest BCUT2D eigenvalue weighted by atomic mass is 10.0. The summed E-state index contributed by atoms with van der Waals surface area (Å²) in [6.45, 7) is 3.28. The maximum absolute atomic E-state index is 12.3. The van der Waals surface area contributed by atoms with E-state index in [1.165, 1.54) is 11.3 Å². The van der Waals surface area contributed by atoms with Crippen molar-refractivity contribution in [1.82, 2.24) is 20.4 Å². The van der Waals surface area contributed by atoms with Gasteiger partial charge < -0.3 is 10.6 Å². The third-order valence-corrected chi connectivity index (χ3v) is 4.84. The summed E-state index contributed by atoms with van der Waals surface area (Å²) in [5.74, 6) is 0.0174. The van der Waals surface area contributed by atoms with Crippen LogP contribution in [0.5, 0.6) is 0 Å². The van der Waals surface area contributed by atoms with Crippen molar-refractivity contribution >= 4 is 5.91 Å². The third kappa shape index (κ3) is 4.44. The van der Waals surface area contributed by atoms with E-state index in [2.05, 4.69) is 46.1 Å². The Balaban J connectivity index is 1.32. The number of amides is 1. The molecule has 5 heteroatoms. The molecule has 0 fully saturated rings. The number of benzene rings is 2. The summed E-state index contributed by atoms with van der Waals surface area (Å²) in [6.07, 6.45) is 1.46. The number of rotatable bonds is 5. The van der Waals surface area contributed by atoms with Crippen LogP contribution in [0, 0.1) is 0 Å². The SMILES string of the molecule is O=C(Cc1ccc(-c2ccccc2)cc1)NCc1cc2n(n1)CCCNC2. The van der Waals surface area contributed by atoms with E-state index in [1.54, 1.807) is 0 Å². The van der Waals surface area contributed by atoms with Crippen LogP contribution in [0.4, 0.5) is 0 Å². The minimum absolute atomic E-state index is 0.0174. The van der Waals surface area contributed by atoms with Crippen LogP contribution in [0.2, 0.25) is 0 Å². The largest absolute Gasteiger partial charge is 0.350 e. The molecule has 0 spiro atoms. The minimum Gasteiger partial charge on any atom is -0.350 e. The number of hydrogen-bond acceptors (Lipinski definition) is 3. The minimum atomic E-state index is 0.0174. The Hall–Kier alpha value is -2.92. The zero-order chi connectivity index (χ0) is 18.5. The number of hydrogen-bond donors (Lipinski definition) is 2. The molecule has 27 heavy (non-hydrogen) atoms. The number of nitrogens with zero attached hydrogens (tertiary/aromatic N) is 2. The first-order valence-electron chi connectivity index (χ1n) is 9.45. The van der Waals surface area contributed by atoms with Gasteiger partial charge in [-0.05, 0) is 35.7 Å². The Labute approximate surface area is 159 Å². The first-order valence-corrected chi connectivity index (χ1v) is 9.45. The molecule has 5 nitrogen and oxygen atoms in total. The maximum atomic E-state index is 12.3. The van der Waals surface area contributed by atoms with E-state index < -0.39 is 0 Å². The molecule has 1 aliphatic heterocycles. The predicted molar refractivity (Wildman–Crippen MR) is 106 cm³/mol. The summed E-state index contributed by atoms with van der Waals surface area (Å²) in [5.41, 5.74) is 5.46. The van der Waals surface area contributed by atoms with Crippen LogP contribution < -0.4 is 10.6 Å². The molecule has 138 valence electrons. The summed E-state index contributed by atoms with van der Waals surface area (Å²) >= 11 is 0. The fourth-order valence-electron chi connectivity index (χ4n) is 3.39. The smallest absolute Gasteiger partial charge is 0.224 e. The number of carbonyl (C=O) groups excluding carboxylic acids is 1. The van der Waals surface area contributed by atoms with Gasteiger partial charge in [0, 0.05) is 13.1 Å². The monoisotopic (exact) mass is 360 g/mol. The molecule has 2 aromatic carbocycles. The molecule has 3 aromatic rings. The topological polar surface area (TPSA) is 59.0 Å². The van der Waals surface area contributed by atoms with Gasteiger partial charge in [0.1, 0.15) is 0 Å². The van der Waals surface area contributed by atoms with E-state index in [4.69, 9.17) is 0 Å². The molecule has 0 aliphatic carbocycles. The highest BCUT2D eigenvalue weighted by Gasteiger charge is 2.11. The Morgan fingerprint density at radius 2 is 1.85 bits per heavy atom. The van der Waals surface area contributed by atoms with Gasteiger partial charge in [-0.15, -0.1) is 0 Å². The molecule has 0 radical (unpaired) electrons. The fourth-order valence-corrected chi connectivity index (χ4v) is 3.39. The second kappa shape index (κ2) is 8.18. The molecule has 1 aromatic heterocycles. The average molecular weight is 360 g/mol. The lowest BCUT2D eigenvalue weighted by molar-refractivity contribution is -0.120. The van der Waals surface area contributed by atoms with Crippen molar-refractivity contribution in [2.75, 3.05) is 6.54 Å². The quantitative estimate of drug-likeness (QED) is 0.736. The molecule has 0 saturated heterocycles. The van der Waals surface area contributed by atoms with Gasteiger partial charge in [-0.3, -0.25) is 9.48 Å². The van der Waals surface area contributed by atoms with Crippen LogP contribution in [0.3, 0.4) is 0 Å². The van der Waals surface area contributed by atoms with Gasteiger partial charge in [-0.1, -0.05) is 54.6 Å². The standard InChI is InChI=1S/C22H24N4O/c27-22(24-15-20-14-21-16-23-11-4-12-26(21)25-20)13-17-7-9-19(10-8-17)18-5-2-1-3-6-18/h1-3,5-10,14,23H,4,11-13,15-16H2,(H,24,27). The van der Waals surface area contributed by atoms with Gasteiger partial charge in [-0.25, -0.2) is 0 Å². The molecular weight excluding hydrogens is 336 g/mol. The zero-order valence-corrected chi connectivity index (χ0v) is 15.3. The van der Waals surface area contributed by atoms with Crippen LogP contribution in [0.25, 0.3) is 11.1 Å². The van der Waals surface area contributed by atoms with Crippen molar-refractivity contribution in [2.45, 2.75) is 32.5 Å². The van der Waals surface area contributed by atoms with E-state index in [0.717, 1.165) is 42.9 Å². The van der Waals surface area contributed by atoms with E-state index in [-0.39, 0.29) is 5.91 Å². The van der Waals surface area contributed by atoms with Crippen LogP contribution in [-0.2, 0) is 30.8 Å².